The average Bonchev–Trinajstić information content (AvgIpc) is 3.73. The predicted octanol–water partition coefficient (Wildman–Crippen LogP) is 5.14. The van der Waals surface area contributed by atoms with E-state index in [0.717, 1.165) is 11.6 Å². The number of halogens is 5. The number of benzene rings is 2. The molecule has 52 heavy (non-hydrogen) atoms. The number of hydrogen-bond acceptors (Lipinski definition) is 7. The molecule has 12 nitrogen and oxygen atoms in total. The number of aliphatic imine (C=N–C) groups is 1. The number of fused-ring (bicyclic) bond motifs is 3. The minimum atomic E-state index is -4.63. The number of carboxylic acid groups (broad SMARTS) is 1. The molecule has 280 valence electrons. The summed E-state index contributed by atoms with van der Waals surface area (Å²) in [5.74, 6) is -1.50. The molecule has 2 aliphatic rings. The zero-order valence-electron chi connectivity index (χ0n) is 28.2. The quantitative estimate of drug-likeness (QED) is 0.108. The number of aryl methyl sites for hydroxylation is 1. The first-order chi connectivity index (χ1) is 24.5. The summed E-state index contributed by atoms with van der Waals surface area (Å²) in [6.07, 6.45) is -4.61. The molecule has 0 saturated carbocycles. The van der Waals surface area contributed by atoms with Crippen LogP contribution in [-0.2, 0) is 39.9 Å². The summed E-state index contributed by atoms with van der Waals surface area (Å²) in [5, 5.41) is 21.6. The maximum Gasteiger partial charge on any atom is 0.418 e. The summed E-state index contributed by atoms with van der Waals surface area (Å²) < 4.78 is 46.4. The second kappa shape index (κ2) is 16.4. The second-order valence-electron chi connectivity index (χ2n) is 12.6. The molecule has 5 rings (SSSR count). The van der Waals surface area contributed by atoms with E-state index in [0.29, 0.717) is 22.1 Å². The number of aromatic amines is 1. The maximum atomic E-state index is 14.5. The molecule has 0 fully saturated rings. The number of para-hydroxylation sites is 1. The largest absolute Gasteiger partial charge is 0.497 e. The number of aromatic nitrogens is 1. The number of rotatable bonds is 12. The van der Waals surface area contributed by atoms with Crippen LogP contribution in [0.5, 0.6) is 5.75 Å². The van der Waals surface area contributed by atoms with Crippen molar-refractivity contribution in [1.82, 2.24) is 26.3 Å². The predicted molar refractivity (Wildman–Crippen MR) is 209 cm³/mol. The minimum absolute atomic E-state index is 0.0253. The van der Waals surface area contributed by atoms with Crippen LogP contribution >= 0.6 is 56.9 Å². The molecule has 1 aliphatic heterocycles. The molecule has 0 bridgehead atoms. The van der Waals surface area contributed by atoms with Crippen molar-refractivity contribution in [2.45, 2.75) is 77.3 Å². The highest BCUT2D eigenvalue weighted by Gasteiger charge is 2.47. The van der Waals surface area contributed by atoms with Gasteiger partial charge in [0, 0.05) is 37.6 Å². The Morgan fingerprint density at radius 3 is 2.40 bits per heavy atom. The van der Waals surface area contributed by atoms with E-state index >= 15 is 0 Å². The summed E-state index contributed by atoms with van der Waals surface area (Å²) in [6, 6.07) is 7.51. The fourth-order valence-electron chi connectivity index (χ4n) is 6.23. The zero-order valence-corrected chi connectivity index (χ0v) is 33.3. The number of H-pyrrole nitrogens is 1. The molecule has 6 N–H and O–H groups in total. The van der Waals surface area contributed by atoms with Gasteiger partial charge >= 0.3 is 18.2 Å². The van der Waals surface area contributed by atoms with Gasteiger partial charge in [-0.2, -0.15) is 13.2 Å². The van der Waals surface area contributed by atoms with Crippen molar-refractivity contribution >= 4 is 96.7 Å². The maximum absolute atomic E-state index is 14.5. The number of aliphatic carboxylic acids is 1. The van der Waals surface area contributed by atoms with Gasteiger partial charge in [-0.1, -0.05) is 83.3 Å². The SMILES string of the molecule is COc1ccc(CNC(=O)N[C@H](C(=O)N[C@]2(C(=O)N[C@H](C3=NC(C(=O)O)CS3)[C@@H](C)I)CCc3[nH]c4c(C(F)(F)F)cccc4c3C2)[C@@H](C)I)cc1. The number of nitrogens with zero attached hydrogens (tertiary/aromatic N) is 1. The first-order valence-corrected chi connectivity index (χ1v) is 19.7. The Bertz CT molecular complexity index is 1870. The van der Waals surface area contributed by atoms with Gasteiger partial charge in [-0.3, -0.25) is 14.6 Å². The summed E-state index contributed by atoms with van der Waals surface area (Å²) in [7, 11) is 1.55. The number of alkyl halides is 5. The van der Waals surface area contributed by atoms with Crippen molar-refractivity contribution in [2.24, 2.45) is 4.99 Å². The van der Waals surface area contributed by atoms with E-state index in [9.17, 15) is 37.5 Å². The van der Waals surface area contributed by atoms with Crippen molar-refractivity contribution in [1.29, 1.82) is 0 Å². The Hall–Kier alpha value is -3.27. The average molecular weight is 969 g/mol. The number of ether oxygens (including phenoxy) is 1. The number of methoxy groups -OCH3 is 1. The van der Waals surface area contributed by atoms with Crippen molar-refractivity contribution in [2.75, 3.05) is 12.9 Å². The van der Waals surface area contributed by atoms with Gasteiger partial charge < -0.3 is 36.1 Å². The van der Waals surface area contributed by atoms with Gasteiger partial charge in [0.05, 0.1) is 29.3 Å². The summed E-state index contributed by atoms with van der Waals surface area (Å²) in [5.41, 5.74) is -0.822. The molecule has 3 aromatic rings. The van der Waals surface area contributed by atoms with Gasteiger partial charge in [0.25, 0.3) is 0 Å². The fourth-order valence-corrected chi connectivity index (χ4v) is 8.69. The summed E-state index contributed by atoms with van der Waals surface area (Å²) in [6.45, 7) is 3.71. The first kappa shape index (κ1) is 39.9. The van der Waals surface area contributed by atoms with E-state index in [-0.39, 0.29) is 46.4 Å². The van der Waals surface area contributed by atoms with Crippen molar-refractivity contribution in [3.8, 4) is 5.75 Å². The van der Waals surface area contributed by atoms with Crippen LogP contribution in [0.4, 0.5) is 18.0 Å². The molecule has 0 saturated heterocycles. The summed E-state index contributed by atoms with van der Waals surface area (Å²) >= 11 is 5.33. The molecule has 0 radical (unpaired) electrons. The third-order valence-electron chi connectivity index (χ3n) is 9.02. The highest BCUT2D eigenvalue weighted by Crippen LogP contribution is 2.40. The van der Waals surface area contributed by atoms with Crippen LogP contribution in [-0.4, -0.2) is 83.3 Å². The third kappa shape index (κ3) is 8.91. The molecular formula is C34H37F3I2N6O6S. The lowest BCUT2D eigenvalue weighted by molar-refractivity contribution is -0.138. The molecular weight excluding hydrogens is 931 g/mol. The number of amides is 4. The van der Waals surface area contributed by atoms with Gasteiger partial charge in [0.15, 0.2) is 6.04 Å². The van der Waals surface area contributed by atoms with Crippen LogP contribution in [0.3, 0.4) is 0 Å². The fraction of sp³-hybridized carbons (Fsp3) is 0.441. The number of carbonyl (C=O) groups excluding carboxylic acids is 3. The lowest BCUT2D eigenvalue weighted by Gasteiger charge is -2.39. The van der Waals surface area contributed by atoms with E-state index in [1.807, 2.05) is 29.5 Å². The summed E-state index contributed by atoms with van der Waals surface area (Å²) in [4.78, 5) is 60.6. The van der Waals surface area contributed by atoms with E-state index in [1.54, 1.807) is 44.4 Å². The molecule has 4 amide bonds. The molecule has 2 heterocycles. The number of hydrogen-bond donors (Lipinski definition) is 6. The van der Waals surface area contributed by atoms with Gasteiger partial charge in [0.1, 0.15) is 17.3 Å². The highest BCUT2D eigenvalue weighted by atomic mass is 127. The zero-order chi connectivity index (χ0) is 38.0. The molecule has 0 spiro atoms. The standard InChI is InChI=1S/C34H37F3I2N6O6S/c1-16(38)25(44-32(50)40-14-18-7-9-19(51-3)10-8-18)28(46)45-33(31(49)43-26(17(2)39)29-42-24(15-52-29)30(47)48)12-11-23-21(13-33)20-5-4-6-22(27(20)41-23)34(35,36)37/h4-10,16-17,24-26,41H,11-15H2,1-3H3,(H,43,49)(H,45,46)(H,47,48)(H2,40,44,50)/t16-,17-,24?,25+,26+,33-/m1/s1. The molecule has 18 heteroatoms. The van der Waals surface area contributed by atoms with Crippen molar-refractivity contribution < 1.29 is 42.2 Å². The van der Waals surface area contributed by atoms with Crippen molar-refractivity contribution in [3.05, 3.63) is 64.8 Å². The highest BCUT2D eigenvalue weighted by molar-refractivity contribution is 14.1. The van der Waals surface area contributed by atoms with E-state index in [4.69, 9.17) is 4.74 Å². The first-order valence-electron chi connectivity index (χ1n) is 16.2. The van der Waals surface area contributed by atoms with Crippen LogP contribution in [0.1, 0.15) is 42.7 Å². The molecule has 1 aliphatic carbocycles. The third-order valence-corrected chi connectivity index (χ3v) is 11.6. The topological polar surface area (TPSA) is 174 Å². The minimum Gasteiger partial charge on any atom is -0.497 e. The van der Waals surface area contributed by atoms with Crippen LogP contribution in [0.25, 0.3) is 10.9 Å². The number of carboxylic acids is 1. The van der Waals surface area contributed by atoms with Crippen LogP contribution in [0, 0.1) is 0 Å². The van der Waals surface area contributed by atoms with Crippen LogP contribution < -0.4 is 26.0 Å². The number of urea groups is 1. The van der Waals surface area contributed by atoms with E-state index in [2.05, 4.69) is 53.8 Å². The van der Waals surface area contributed by atoms with E-state index in [1.165, 1.54) is 17.8 Å². The number of thioether (sulfide) groups is 1. The smallest absolute Gasteiger partial charge is 0.418 e. The molecule has 2 aromatic carbocycles. The Kier molecular flexibility index (Phi) is 12.6. The number of carbonyl (C=O) groups is 4. The Balaban J connectivity index is 1.45. The Morgan fingerprint density at radius 1 is 1.10 bits per heavy atom. The Labute approximate surface area is 328 Å². The second-order valence-corrected chi connectivity index (χ2v) is 17.6. The van der Waals surface area contributed by atoms with E-state index < -0.39 is 63.1 Å². The van der Waals surface area contributed by atoms with Gasteiger partial charge in [-0.05, 0) is 42.2 Å². The molecule has 1 aromatic heterocycles. The molecule has 1 unspecified atom stereocenters. The van der Waals surface area contributed by atoms with Gasteiger partial charge in [0.2, 0.25) is 11.8 Å². The van der Waals surface area contributed by atoms with Gasteiger partial charge in [-0.25, -0.2) is 9.59 Å². The monoisotopic (exact) mass is 968 g/mol. The van der Waals surface area contributed by atoms with Crippen molar-refractivity contribution in [3.63, 3.8) is 0 Å². The molecule has 6 atom stereocenters. The number of nitrogens with one attached hydrogen (secondary N) is 5. The van der Waals surface area contributed by atoms with Crippen LogP contribution in [0.2, 0.25) is 0 Å². The van der Waals surface area contributed by atoms with Gasteiger partial charge in [-0.15, -0.1) is 11.8 Å². The van der Waals surface area contributed by atoms with Crippen LogP contribution in [0.15, 0.2) is 47.5 Å². The Morgan fingerprint density at radius 2 is 1.81 bits per heavy atom. The normalized spacial score (nSPS) is 20.8. The lowest BCUT2D eigenvalue weighted by atomic mass is 9.78. The lowest BCUT2D eigenvalue weighted by Crippen LogP contribution is -2.67.